The molecule has 0 aliphatic heterocycles. The van der Waals surface area contributed by atoms with E-state index in [2.05, 4.69) is 15.3 Å². The molecule has 1 aromatic heterocycles. The predicted octanol–water partition coefficient (Wildman–Crippen LogP) is 2.19. The lowest BCUT2D eigenvalue weighted by Crippen LogP contribution is -2.27. The number of H-pyrrole nitrogens is 1. The summed E-state index contributed by atoms with van der Waals surface area (Å²) in [6.45, 7) is 0.300. The number of rotatable bonds is 4. The topological polar surface area (TPSA) is 67.0 Å². The number of hydrogen-bond acceptors (Lipinski definition) is 3. The fourth-order valence-corrected chi connectivity index (χ4v) is 2.08. The van der Waals surface area contributed by atoms with Gasteiger partial charge in [0.25, 0.3) is 0 Å². The second-order valence-corrected chi connectivity index (χ2v) is 4.66. The van der Waals surface area contributed by atoms with E-state index in [1.807, 2.05) is 30.3 Å². The van der Waals surface area contributed by atoms with Gasteiger partial charge in [0.05, 0.1) is 6.33 Å². The van der Waals surface area contributed by atoms with Gasteiger partial charge >= 0.3 is 6.09 Å². The molecule has 0 saturated heterocycles. The summed E-state index contributed by atoms with van der Waals surface area (Å²) in [5.41, 5.74) is 2.05. The van der Waals surface area contributed by atoms with Crippen LogP contribution in [0.4, 0.5) is 4.79 Å². The smallest absolute Gasteiger partial charge is 0.407 e. The summed E-state index contributed by atoms with van der Waals surface area (Å²) in [6, 6.07) is 9.79. The average Bonchev–Trinajstić information content (AvgIpc) is 2.99. The number of benzene rings is 1. The van der Waals surface area contributed by atoms with Crippen molar-refractivity contribution in [2.75, 3.05) is 0 Å². The molecule has 1 fully saturated rings. The Morgan fingerprint density at radius 3 is 3.00 bits per heavy atom. The molecular formula is C14H15N3O2. The molecular weight excluding hydrogens is 242 g/mol. The van der Waals surface area contributed by atoms with Gasteiger partial charge in [-0.3, -0.25) is 0 Å². The van der Waals surface area contributed by atoms with Gasteiger partial charge in [-0.1, -0.05) is 30.3 Å². The molecule has 1 aliphatic carbocycles. The van der Waals surface area contributed by atoms with E-state index < -0.39 is 0 Å². The zero-order valence-corrected chi connectivity index (χ0v) is 10.4. The van der Waals surface area contributed by atoms with Gasteiger partial charge < -0.3 is 15.0 Å². The fourth-order valence-electron chi connectivity index (χ4n) is 2.08. The Hall–Kier alpha value is -2.30. The highest BCUT2D eigenvalue weighted by Gasteiger charge is 2.40. The first-order valence-corrected chi connectivity index (χ1v) is 6.28. The summed E-state index contributed by atoms with van der Waals surface area (Å²) in [5.74, 6) is 0.340. The monoisotopic (exact) mass is 257 g/mol. The Kier molecular flexibility index (Phi) is 3.18. The van der Waals surface area contributed by atoms with Crippen molar-refractivity contribution >= 4 is 6.09 Å². The highest BCUT2D eigenvalue weighted by molar-refractivity contribution is 5.68. The number of aromatic amines is 1. The molecule has 1 amide bonds. The number of carbonyl (C=O) groups excluding carboxylic acids is 1. The Bertz CT molecular complexity index is 539. The lowest BCUT2D eigenvalue weighted by Gasteiger charge is -2.06. The maximum atomic E-state index is 11.6. The number of aromatic nitrogens is 2. The highest BCUT2D eigenvalue weighted by Crippen LogP contribution is 2.39. The van der Waals surface area contributed by atoms with Crippen molar-refractivity contribution < 1.29 is 9.53 Å². The average molecular weight is 257 g/mol. The minimum atomic E-state index is -0.365. The third kappa shape index (κ3) is 2.93. The van der Waals surface area contributed by atoms with Crippen LogP contribution < -0.4 is 5.32 Å². The van der Waals surface area contributed by atoms with E-state index in [0.29, 0.717) is 12.5 Å². The van der Waals surface area contributed by atoms with Gasteiger partial charge in [0.2, 0.25) is 0 Å². The van der Waals surface area contributed by atoms with E-state index in [-0.39, 0.29) is 12.1 Å². The van der Waals surface area contributed by atoms with Crippen LogP contribution in [0.5, 0.6) is 0 Å². The lowest BCUT2D eigenvalue weighted by molar-refractivity contribution is 0.139. The summed E-state index contributed by atoms with van der Waals surface area (Å²) < 4.78 is 5.17. The molecule has 19 heavy (non-hydrogen) atoms. The molecule has 2 aromatic rings. The summed E-state index contributed by atoms with van der Waals surface area (Å²) in [5, 5.41) is 2.85. The number of alkyl carbamates (subject to hydrolysis) is 1. The second kappa shape index (κ2) is 5.14. The first-order chi connectivity index (χ1) is 9.33. The quantitative estimate of drug-likeness (QED) is 0.882. The van der Waals surface area contributed by atoms with Crippen molar-refractivity contribution in [2.24, 2.45) is 0 Å². The van der Waals surface area contributed by atoms with Gasteiger partial charge in [-0.05, 0) is 12.0 Å². The summed E-state index contributed by atoms with van der Waals surface area (Å²) in [6.07, 6.45) is 4.01. The van der Waals surface area contributed by atoms with Gasteiger partial charge in [0, 0.05) is 23.9 Å². The zero-order valence-electron chi connectivity index (χ0n) is 10.4. The Labute approximate surface area is 111 Å². The van der Waals surface area contributed by atoms with Crippen LogP contribution >= 0.6 is 0 Å². The first kappa shape index (κ1) is 11.8. The van der Waals surface area contributed by atoms with Crippen LogP contribution in [0.1, 0.15) is 23.6 Å². The molecule has 3 rings (SSSR count). The van der Waals surface area contributed by atoms with E-state index in [1.54, 1.807) is 12.5 Å². The number of nitrogens with zero attached hydrogens (tertiary/aromatic N) is 1. The number of nitrogens with one attached hydrogen (secondary N) is 2. The summed E-state index contributed by atoms with van der Waals surface area (Å²) in [4.78, 5) is 18.7. The number of carbonyl (C=O) groups is 1. The molecule has 0 bridgehead atoms. The van der Waals surface area contributed by atoms with Crippen molar-refractivity contribution in [3.05, 3.63) is 54.1 Å². The van der Waals surface area contributed by atoms with Crippen molar-refractivity contribution in [3.63, 3.8) is 0 Å². The Morgan fingerprint density at radius 1 is 1.42 bits per heavy atom. The molecule has 0 spiro atoms. The van der Waals surface area contributed by atoms with Crippen molar-refractivity contribution in [1.29, 1.82) is 0 Å². The van der Waals surface area contributed by atoms with Crippen LogP contribution in [0.25, 0.3) is 0 Å². The van der Waals surface area contributed by atoms with Crippen molar-refractivity contribution in [3.8, 4) is 0 Å². The predicted molar refractivity (Wildman–Crippen MR) is 69.5 cm³/mol. The Balaban J connectivity index is 1.43. The van der Waals surface area contributed by atoms with Gasteiger partial charge in [-0.2, -0.15) is 0 Å². The maximum absolute atomic E-state index is 11.6. The third-order valence-corrected chi connectivity index (χ3v) is 3.23. The minimum absolute atomic E-state index is 0.156. The molecule has 1 aliphatic rings. The molecule has 2 N–H and O–H groups in total. The molecule has 1 aromatic carbocycles. The standard InChI is InChI=1S/C14H15N3O2/c18-14(19-8-10-4-2-1-3-5-10)17-12-6-11(12)13-7-15-9-16-13/h1-5,7,9,11-12H,6,8H2,(H,15,16)(H,17,18). The van der Waals surface area contributed by atoms with Crippen molar-refractivity contribution in [2.45, 2.75) is 25.0 Å². The van der Waals surface area contributed by atoms with E-state index in [0.717, 1.165) is 17.7 Å². The third-order valence-electron chi connectivity index (χ3n) is 3.23. The number of hydrogen-bond donors (Lipinski definition) is 2. The van der Waals surface area contributed by atoms with Gasteiger partial charge in [-0.15, -0.1) is 0 Å². The van der Waals surface area contributed by atoms with E-state index in [1.165, 1.54) is 0 Å². The van der Waals surface area contributed by atoms with E-state index >= 15 is 0 Å². The van der Waals surface area contributed by atoms with Crippen LogP contribution in [0.2, 0.25) is 0 Å². The van der Waals surface area contributed by atoms with Crippen LogP contribution in [0.3, 0.4) is 0 Å². The maximum Gasteiger partial charge on any atom is 0.407 e. The lowest BCUT2D eigenvalue weighted by atomic mass is 10.2. The number of ether oxygens (including phenoxy) is 1. The molecule has 1 saturated carbocycles. The summed E-state index contributed by atoms with van der Waals surface area (Å²) >= 11 is 0. The summed E-state index contributed by atoms with van der Waals surface area (Å²) in [7, 11) is 0. The van der Waals surface area contributed by atoms with E-state index in [9.17, 15) is 4.79 Å². The molecule has 2 unspecified atom stereocenters. The zero-order chi connectivity index (χ0) is 13.1. The SMILES string of the molecule is O=C(NC1CC1c1cnc[nH]1)OCc1ccccc1. The number of amides is 1. The molecule has 5 nitrogen and oxygen atoms in total. The normalized spacial score (nSPS) is 20.8. The molecule has 5 heteroatoms. The van der Waals surface area contributed by atoms with Crippen LogP contribution in [-0.4, -0.2) is 22.1 Å². The van der Waals surface area contributed by atoms with Crippen molar-refractivity contribution in [1.82, 2.24) is 15.3 Å². The highest BCUT2D eigenvalue weighted by atomic mass is 16.5. The van der Waals surface area contributed by atoms with Gasteiger partial charge in [0.1, 0.15) is 6.61 Å². The van der Waals surface area contributed by atoms with Crippen LogP contribution in [0.15, 0.2) is 42.9 Å². The van der Waals surface area contributed by atoms with Gasteiger partial charge in [-0.25, -0.2) is 9.78 Å². The van der Waals surface area contributed by atoms with E-state index in [4.69, 9.17) is 4.74 Å². The largest absolute Gasteiger partial charge is 0.445 e. The van der Waals surface area contributed by atoms with Gasteiger partial charge in [0.15, 0.2) is 0 Å². The molecule has 2 atom stereocenters. The fraction of sp³-hybridized carbons (Fsp3) is 0.286. The Morgan fingerprint density at radius 2 is 2.26 bits per heavy atom. The molecule has 1 heterocycles. The second-order valence-electron chi connectivity index (χ2n) is 4.66. The van der Waals surface area contributed by atoms with Crippen LogP contribution in [0, 0.1) is 0 Å². The molecule has 98 valence electrons. The number of imidazole rings is 1. The minimum Gasteiger partial charge on any atom is -0.445 e. The first-order valence-electron chi connectivity index (χ1n) is 6.28. The van der Waals surface area contributed by atoms with Crippen LogP contribution in [-0.2, 0) is 11.3 Å². The molecule has 0 radical (unpaired) electrons.